The molecule has 134 valence electrons. The first kappa shape index (κ1) is 18.7. The first-order chi connectivity index (χ1) is 12.0. The monoisotopic (exact) mass is 365 g/mol. The lowest BCUT2D eigenvalue weighted by Gasteiger charge is -2.14. The molecule has 0 aromatic heterocycles. The smallest absolute Gasteiger partial charge is 0.228 e. The molecule has 0 spiro atoms. The third-order valence-corrected chi connectivity index (χ3v) is 3.91. The second-order valence-corrected chi connectivity index (χ2v) is 5.50. The van der Waals surface area contributed by atoms with E-state index in [1.54, 1.807) is 44.6 Å². The molecule has 0 aliphatic heterocycles. The Balaban J connectivity index is 2.18. The second-order valence-electron chi connectivity index (χ2n) is 5.09. The van der Waals surface area contributed by atoms with Crippen LogP contribution in [-0.4, -0.2) is 34.3 Å². The van der Waals surface area contributed by atoms with Gasteiger partial charge in [-0.2, -0.15) is 0 Å². The maximum absolute atomic E-state index is 12.4. The Kier molecular flexibility index (Phi) is 6.36. The maximum Gasteiger partial charge on any atom is 0.228 e. The number of amides is 1. The summed E-state index contributed by atoms with van der Waals surface area (Å²) < 4.78 is 20.9. The molecule has 0 saturated carbocycles. The topological polar surface area (TPSA) is 66.0 Å². The molecule has 2 rings (SSSR count). The van der Waals surface area contributed by atoms with Crippen LogP contribution in [0.5, 0.6) is 23.0 Å². The minimum atomic E-state index is -0.238. The summed E-state index contributed by atoms with van der Waals surface area (Å²) in [4.78, 5) is 12.4. The van der Waals surface area contributed by atoms with E-state index in [9.17, 15) is 4.79 Å². The van der Waals surface area contributed by atoms with Crippen LogP contribution in [0.3, 0.4) is 0 Å². The number of hydrogen-bond acceptors (Lipinski definition) is 5. The van der Waals surface area contributed by atoms with E-state index in [1.165, 1.54) is 14.2 Å². The molecule has 2 aromatic rings. The average molecular weight is 366 g/mol. The molecule has 0 aliphatic carbocycles. The minimum absolute atomic E-state index is 0.123. The van der Waals surface area contributed by atoms with Gasteiger partial charge in [-0.05, 0) is 6.07 Å². The molecular weight excluding hydrogens is 346 g/mol. The predicted octanol–water partition coefficient (Wildman–Crippen LogP) is 3.56. The van der Waals surface area contributed by atoms with Crippen molar-refractivity contribution in [3.63, 3.8) is 0 Å². The fraction of sp³-hybridized carbons (Fsp3) is 0.278. The van der Waals surface area contributed by atoms with E-state index in [2.05, 4.69) is 5.32 Å². The minimum Gasteiger partial charge on any atom is -0.497 e. The SMILES string of the molecule is COc1ccc(CC(=O)Nc2cc(OC)c(OC)cc2Cl)c(OC)c1. The van der Waals surface area contributed by atoms with Crippen molar-refractivity contribution in [3.05, 3.63) is 40.9 Å². The molecule has 1 amide bonds. The lowest BCUT2D eigenvalue weighted by atomic mass is 10.1. The fourth-order valence-electron chi connectivity index (χ4n) is 2.32. The normalized spacial score (nSPS) is 10.1. The molecule has 0 aliphatic rings. The number of methoxy groups -OCH3 is 4. The zero-order valence-electron chi connectivity index (χ0n) is 14.5. The summed E-state index contributed by atoms with van der Waals surface area (Å²) >= 11 is 6.19. The summed E-state index contributed by atoms with van der Waals surface area (Å²) in [6, 6.07) is 8.49. The Bertz CT molecular complexity index is 763. The number of benzene rings is 2. The van der Waals surface area contributed by atoms with Gasteiger partial charge in [-0.3, -0.25) is 4.79 Å². The highest BCUT2D eigenvalue weighted by Gasteiger charge is 2.14. The van der Waals surface area contributed by atoms with Crippen LogP contribution in [0, 0.1) is 0 Å². The fourth-order valence-corrected chi connectivity index (χ4v) is 2.52. The maximum atomic E-state index is 12.4. The average Bonchev–Trinajstić information content (AvgIpc) is 2.63. The van der Waals surface area contributed by atoms with Crippen LogP contribution in [0.1, 0.15) is 5.56 Å². The summed E-state index contributed by atoms with van der Waals surface area (Å²) in [6.45, 7) is 0. The lowest BCUT2D eigenvalue weighted by molar-refractivity contribution is -0.115. The molecular formula is C18H20ClNO5. The van der Waals surface area contributed by atoms with Gasteiger partial charge in [0, 0.05) is 23.8 Å². The molecule has 0 atom stereocenters. The molecule has 0 unspecified atom stereocenters. The molecule has 1 N–H and O–H groups in total. The summed E-state index contributed by atoms with van der Waals surface area (Å²) in [5.74, 6) is 1.96. The molecule has 7 heteroatoms. The highest BCUT2D eigenvalue weighted by Crippen LogP contribution is 2.36. The zero-order valence-corrected chi connectivity index (χ0v) is 15.3. The Morgan fingerprint density at radius 1 is 0.920 bits per heavy atom. The molecule has 0 radical (unpaired) electrons. The molecule has 0 fully saturated rings. The van der Waals surface area contributed by atoms with Gasteiger partial charge in [-0.15, -0.1) is 0 Å². The van der Waals surface area contributed by atoms with Crippen LogP contribution in [0.15, 0.2) is 30.3 Å². The van der Waals surface area contributed by atoms with Crippen LogP contribution < -0.4 is 24.3 Å². The summed E-state index contributed by atoms with van der Waals surface area (Å²) in [7, 11) is 6.14. The number of anilines is 1. The van der Waals surface area contributed by atoms with E-state index in [4.69, 9.17) is 30.5 Å². The van der Waals surface area contributed by atoms with E-state index < -0.39 is 0 Å². The van der Waals surface area contributed by atoms with Crippen LogP contribution in [0.2, 0.25) is 5.02 Å². The number of halogens is 1. The van der Waals surface area contributed by atoms with Gasteiger partial charge in [-0.1, -0.05) is 17.7 Å². The Labute approximate surface area is 151 Å². The number of carbonyl (C=O) groups is 1. The standard InChI is InChI=1S/C18H20ClNO5/c1-22-12-6-5-11(15(8-12)23-2)7-18(21)20-14-10-17(25-4)16(24-3)9-13(14)19/h5-6,8-10H,7H2,1-4H3,(H,20,21). The van der Waals surface area contributed by atoms with Gasteiger partial charge in [-0.25, -0.2) is 0 Å². The molecule has 0 saturated heterocycles. The molecule has 0 heterocycles. The van der Waals surface area contributed by atoms with Crippen molar-refractivity contribution in [2.45, 2.75) is 6.42 Å². The Morgan fingerprint density at radius 3 is 2.16 bits per heavy atom. The van der Waals surface area contributed by atoms with Gasteiger partial charge in [0.2, 0.25) is 5.91 Å². The molecule has 6 nitrogen and oxygen atoms in total. The zero-order chi connectivity index (χ0) is 18.4. The van der Waals surface area contributed by atoms with E-state index in [0.717, 1.165) is 5.56 Å². The number of hydrogen-bond donors (Lipinski definition) is 1. The van der Waals surface area contributed by atoms with E-state index in [0.29, 0.717) is 33.7 Å². The molecule has 25 heavy (non-hydrogen) atoms. The third-order valence-electron chi connectivity index (χ3n) is 3.59. The third kappa shape index (κ3) is 4.48. The largest absolute Gasteiger partial charge is 0.497 e. The van der Waals surface area contributed by atoms with Gasteiger partial charge < -0.3 is 24.3 Å². The highest BCUT2D eigenvalue weighted by molar-refractivity contribution is 6.34. The van der Waals surface area contributed by atoms with E-state index in [-0.39, 0.29) is 12.3 Å². The first-order valence-electron chi connectivity index (χ1n) is 7.44. The van der Waals surface area contributed by atoms with E-state index in [1.807, 2.05) is 0 Å². The number of carbonyl (C=O) groups excluding carboxylic acids is 1. The first-order valence-corrected chi connectivity index (χ1v) is 7.82. The van der Waals surface area contributed by atoms with Crippen molar-refractivity contribution in [1.82, 2.24) is 0 Å². The summed E-state index contributed by atoms with van der Waals surface area (Å²) in [5, 5.41) is 3.13. The molecule has 2 aromatic carbocycles. The van der Waals surface area contributed by atoms with Gasteiger partial charge in [0.1, 0.15) is 11.5 Å². The highest BCUT2D eigenvalue weighted by atomic mass is 35.5. The number of nitrogens with one attached hydrogen (secondary N) is 1. The van der Waals surface area contributed by atoms with Gasteiger partial charge >= 0.3 is 0 Å². The van der Waals surface area contributed by atoms with Crippen molar-refractivity contribution < 1.29 is 23.7 Å². The predicted molar refractivity (Wildman–Crippen MR) is 96.4 cm³/mol. The van der Waals surface area contributed by atoms with Crippen LogP contribution in [0.4, 0.5) is 5.69 Å². The van der Waals surface area contributed by atoms with Crippen LogP contribution in [-0.2, 0) is 11.2 Å². The van der Waals surface area contributed by atoms with Crippen LogP contribution >= 0.6 is 11.6 Å². The Hall–Kier alpha value is -2.60. The quantitative estimate of drug-likeness (QED) is 0.812. The van der Waals surface area contributed by atoms with Crippen molar-refractivity contribution >= 4 is 23.2 Å². The summed E-state index contributed by atoms with van der Waals surface area (Å²) in [5.41, 5.74) is 1.18. The van der Waals surface area contributed by atoms with Crippen molar-refractivity contribution in [1.29, 1.82) is 0 Å². The van der Waals surface area contributed by atoms with Crippen molar-refractivity contribution in [2.24, 2.45) is 0 Å². The second kappa shape index (κ2) is 8.48. The number of rotatable bonds is 7. The van der Waals surface area contributed by atoms with Crippen LogP contribution in [0.25, 0.3) is 0 Å². The van der Waals surface area contributed by atoms with Gasteiger partial charge in [0.15, 0.2) is 11.5 Å². The lowest BCUT2D eigenvalue weighted by Crippen LogP contribution is -2.15. The van der Waals surface area contributed by atoms with Gasteiger partial charge in [0.25, 0.3) is 0 Å². The van der Waals surface area contributed by atoms with Crippen molar-refractivity contribution in [3.8, 4) is 23.0 Å². The number of ether oxygens (including phenoxy) is 4. The van der Waals surface area contributed by atoms with E-state index >= 15 is 0 Å². The Morgan fingerprint density at radius 2 is 1.56 bits per heavy atom. The van der Waals surface area contributed by atoms with Gasteiger partial charge in [0.05, 0.1) is 45.6 Å². The summed E-state index contributed by atoms with van der Waals surface area (Å²) in [6.07, 6.45) is 0.123. The molecule has 0 bridgehead atoms. The van der Waals surface area contributed by atoms with Crippen molar-refractivity contribution in [2.75, 3.05) is 33.8 Å².